The molecule has 2 aromatic rings. The molecule has 1 aliphatic carbocycles. The molecule has 0 radical (unpaired) electrons. The average molecular weight is 284 g/mol. The Labute approximate surface area is 122 Å². The molecule has 0 saturated heterocycles. The second-order valence-corrected chi connectivity index (χ2v) is 5.43. The lowest BCUT2D eigenvalue weighted by Crippen LogP contribution is -2.47. The number of nitriles is 1. The van der Waals surface area contributed by atoms with E-state index in [9.17, 15) is 14.0 Å². The lowest BCUT2D eigenvalue weighted by Gasteiger charge is -2.43. The summed E-state index contributed by atoms with van der Waals surface area (Å²) in [6.45, 7) is 0. The molecule has 2 aromatic carbocycles. The smallest absolute Gasteiger partial charge is 0.149 e. The Hall–Kier alpha value is -2.41. The van der Waals surface area contributed by atoms with Gasteiger partial charge in [0.2, 0.25) is 0 Å². The fraction of sp³-hybridized carbons (Fsp3) is 0.235. The maximum Gasteiger partial charge on any atom is 0.149 e. The topological polar surface area (TPSA) is 35.8 Å². The molecule has 1 N–H and O–H groups in total. The third kappa shape index (κ3) is 2.47. The molecule has 4 heteroatoms. The van der Waals surface area contributed by atoms with Gasteiger partial charge in [0.15, 0.2) is 0 Å². The Morgan fingerprint density at radius 2 is 1.81 bits per heavy atom. The highest BCUT2D eigenvalue weighted by atomic mass is 19.1. The average Bonchev–Trinajstić information content (AvgIpc) is 2.45. The summed E-state index contributed by atoms with van der Waals surface area (Å²) in [6.07, 6.45) is 1.23. The molecule has 2 nitrogen and oxygen atoms in total. The van der Waals surface area contributed by atoms with Crippen LogP contribution in [0.3, 0.4) is 0 Å². The third-order valence-corrected chi connectivity index (χ3v) is 4.02. The van der Waals surface area contributed by atoms with E-state index in [-0.39, 0.29) is 11.7 Å². The molecular weight excluding hydrogens is 270 g/mol. The van der Waals surface area contributed by atoms with Crippen LogP contribution in [-0.2, 0) is 5.41 Å². The molecule has 0 aromatic heterocycles. The van der Waals surface area contributed by atoms with Crippen molar-refractivity contribution in [2.45, 2.75) is 24.3 Å². The Morgan fingerprint density at radius 1 is 1.10 bits per heavy atom. The lowest BCUT2D eigenvalue weighted by atomic mass is 9.62. The van der Waals surface area contributed by atoms with Crippen LogP contribution in [0.5, 0.6) is 0 Å². The van der Waals surface area contributed by atoms with E-state index in [1.807, 2.05) is 30.3 Å². The number of rotatable bonds is 3. The van der Waals surface area contributed by atoms with Crippen LogP contribution < -0.4 is 5.32 Å². The van der Waals surface area contributed by atoms with Crippen LogP contribution in [0.1, 0.15) is 18.4 Å². The van der Waals surface area contributed by atoms with Gasteiger partial charge in [0.1, 0.15) is 11.6 Å². The van der Waals surface area contributed by atoms with Crippen LogP contribution in [0.25, 0.3) is 0 Å². The van der Waals surface area contributed by atoms with Crippen molar-refractivity contribution in [3.05, 3.63) is 65.7 Å². The van der Waals surface area contributed by atoms with E-state index < -0.39 is 17.0 Å². The van der Waals surface area contributed by atoms with Crippen molar-refractivity contribution in [2.24, 2.45) is 0 Å². The van der Waals surface area contributed by atoms with Crippen LogP contribution in [0.2, 0.25) is 0 Å². The molecule has 0 heterocycles. The number of benzene rings is 2. The predicted octanol–water partition coefficient (Wildman–Crippen LogP) is 4.00. The van der Waals surface area contributed by atoms with Gasteiger partial charge in [0, 0.05) is 12.1 Å². The summed E-state index contributed by atoms with van der Waals surface area (Å²) >= 11 is 0. The number of halogens is 2. The molecule has 0 aliphatic heterocycles. The van der Waals surface area contributed by atoms with Crippen molar-refractivity contribution in [1.29, 1.82) is 5.26 Å². The van der Waals surface area contributed by atoms with Gasteiger partial charge in [-0.25, -0.2) is 8.78 Å². The van der Waals surface area contributed by atoms with Crippen LogP contribution in [0, 0.1) is 23.0 Å². The van der Waals surface area contributed by atoms with Crippen LogP contribution in [0.15, 0.2) is 48.5 Å². The van der Waals surface area contributed by atoms with Gasteiger partial charge >= 0.3 is 0 Å². The molecule has 106 valence electrons. The minimum atomic E-state index is -0.607. The van der Waals surface area contributed by atoms with Crippen molar-refractivity contribution in [3.63, 3.8) is 0 Å². The maximum atomic E-state index is 13.6. The van der Waals surface area contributed by atoms with Crippen molar-refractivity contribution < 1.29 is 8.78 Å². The Bertz CT molecular complexity index is 686. The monoisotopic (exact) mass is 284 g/mol. The number of nitrogens with zero attached hydrogens (tertiary/aromatic N) is 1. The molecule has 0 amide bonds. The SMILES string of the molecule is N#CC1(c2ccccc2)CC(Nc2ccc(F)cc2F)C1. The minimum absolute atomic E-state index is 0.0183. The van der Waals surface area contributed by atoms with E-state index in [0.29, 0.717) is 12.8 Å². The molecule has 0 spiro atoms. The highest BCUT2D eigenvalue weighted by Gasteiger charge is 2.46. The standard InChI is InChI=1S/C17H14F2N2/c18-13-6-7-16(15(19)8-13)21-14-9-17(10-14,11-20)12-4-2-1-3-5-12/h1-8,14,21H,9-10H2. The minimum Gasteiger partial charge on any atom is -0.380 e. The highest BCUT2D eigenvalue weighted by molar-refractivity contribution is 5.48. The molecule has 0 bridgehead atoms. The molecule has 21 heavy (non-hydrogen) atoms. The summed E-state index contributed by atoms with van der Waals surface area (Å²) in [7, 11) is 0. The van der Waals surface area contributed by atoms with Crippen molar-refractivity contribution >= 4 is 5.69 Å². The van der Waals surface area contributed by atoms with Crippen molar-refractivity contribution in [3.8, 4) is 6.07 Å². The second-order valence-electron chi connectivity index (χ2n) is 5.43. The van der Waals surface area contributed by atoms with Gasteiger partial charge in [-0.3, -0.25) is 0 Å². The summed E-state index contributed by atoms with van der Waals surface area (Å²) < 4.78 is 26.5. The first-order valence-corrected chi connectivity index (χ1v) is 6.81. The van der Waals surface area contributed by atoms with Crippen LogP contribution in [-0.4, -0.2) is 6.04 Å². The molecule has 1 fully saturated rings. The normalized spacial score (nSPS) is 24.0. The second kappa shape index (κ2) is 5.17. The van der Waals surface area contributed by atoms with E-state index in [1.54, 1.807) is 0 Å². The number of hydrogen-bond acceptors (Lipinski definition) is 2. The molecule has 1 aliphatic rings. The van der Waals surface area contributed by atoms with Crippen LogP contribution >= 0.6 is 0 Å². The fourth-order valence-electron chi connectivity index (χ4n) is 2.86. The molecular formula is C17H14F2N2. The molecule has 0 atom stereocenters. The first kappa shape index (κ1) is 13.6. The van der Waals surface area contributed by atoms with E-state index >= 15 is 0 Å². The first-order valence-electron chi connectivity index (χ1n) is 6.81. The predicted molar refractivity (Wildman–Crippen MR) is 76.7 cm³/mol. The number of hydrogen-bond donors (Lipinski definition) is 1. The van der Waals surface area contributed by atoms with E-state index in [0.717, 1.165) is 11.6 Å². The Kier molecular flexibility index (Phi) is 3.34. The van der Waals surface area contributed by atoms with E-state index in [4.69, 9.17) is 0 Å². The van der Waals surface area contributed by atoms with Gasteiger partial charge in [-0.1, -0.05) is 30.3 Å². The quantitative estimate of drug-likeness (QED) is 0.924. The molecule has 0 unspecified atom stereocenters. The van der Waals surface area contributed by atoms with E-state index in [2.05, 4.69) is 11.4 Å². The lowest BCUT2D eigenvalue weighted by molar-refractivity contribution is 0.289. The fourth-order valence-corrected chi connectivity index (χ4v) is 2.86. The maximum absolute atomic E-state index is 13.6. The van der Waals surface area contributed by atoms with Gasteiger partial charge in [-0.15, -0.1) is 0 Å². The summed E-state index contributed by atoms with van der Waals surface area (Å²) in [4.78, 5) is 0. The van der Waals surface area contributed by atoms with Gasteiger partial charge in [-0.05, 0) is 30.5 Å². The van der Waals surface area contributed by atoms with Crippen LogP contribution in [0.4, 0.5) is 14.5 Å². The Balaban J connectivity index is 1.71. The zero-order valence-corrected chi connectivity index (χ0v) is 11.3. The summed E-state index contributed by atoms with van der Waals surface area (Å²) in [5.74, 6) is -1.20. The highest BCUT2D eigenvalue weighted by Crippen LogP contribution is 2.44. The summed E-state index contributed by atoms with van der Waals surface area (Å²) in [5, 5.41) is 12.5. The zero-order valence-electron chi connectivity index (χ0n) is 11.3. The number of nitrogens with one attached hydrogen (secondary N) is 1. The number of anilines is 1. The van der Waals surface area contributed by atoms with Gasteiger partial charge in [-0.2, -0.15) is 5.26 Å². The largest absolute Gasteiger partial charge is 0.380 e. The van der Waals surface area contributed by atoms with Gasteiger partial charge in [0.25, 0.3) is 0 Å². The van der Waals surface area contributed by atoms with Crippen molar-refractivity contribution in [1.82, 2.24) is 0 Å². The molecule has 1 saturated carbocycles. The first-order chi connectivity index (χ1) is 10.1. The zero-order chi connectivity index (χ0) is 14.9. The van der Waals surface area contributed by atoms with E-state index in [1.165, 1.54) is 12.1 Å². The summed E-state index contributed by atoms with van der Waals surface area (Å²) in [6, 6.07) is 15.5. The summed E-state index contributed by atoms with van der Waals surface area (Å²) in [5.41, 5.74) is 0.765. The molecule has 3 rings (SSSR count). The van der Waals surface area contributed by atoms with Crippen molar-refractivity contribution in [2.75, 3.05) is 5.32 Å². The third-order valence-electron chi connectivity index (χ3n) is 4.02. The van der Waals surface area contributed by atoms with Gasteiger partial charge < -0.3 is 5.32 Å². The van der Waals surface area contributed by atoms with Gasteiger partial charge in [0.05, 0.1) is 17.2 Å². The Morgan fingerprint density at radius 3 is 2.43 bits per heavy atom.